The molecule has 0 saturated carbocycles. The maximum Gasteiger partial charge on any atom is 0.251 e. The second-order valence-corrected chi connectivity index (χ2v) is 6.61. The second-order valence-electron chi connectivity index (χ2n) is 6.61. The van der Waals surface area contributed by atoms with Crippen LogP contribution in [-0.4, -0.2) is 10.9 Å². The number of amides is 1. The Hall–Kier alpha value is -3.93. The lowest BCUT2D eigenvalue weighted by molar-refractivity contribution is 0.0950. The predicted octanol–water partition coefficient (Wildman–Crippen LogP) is 4.99. The first-order valence-corrected chi connectivity index (χ1v) is 9.43. The van der Waals surface area contributed by atoms with Gasteiger partial charge in [0.1, 0.15) is 11.6 Å². The number of nitrogens with one attached hydrogen (secondary N) is 1. The van der Waals surface area contributed by atoms with Gasteiger partial charge in [-0.05, 0) is 48.0 Å². The molecule has 4 rings (SSSR count). The van der Waals surface area contributed by atoms with Crippen molar-refractivity contribution >= 4 is 5.91 Å². The first kappa shape index (κ1) is 19.4. The van der Waals surface area contributed by atoms with Gasteiger partial charge in [0.05, 0.1) is 6.20 Å². The molecule has 0 aliphatic carbocycles. The number of aromatic nitrogens is 1. The Balaban J connectivity index is 1.35. The number of ether oxygens (including phenoxy) is 1. The molecule has 0 saturated heterocycles. The molecule has 0 unspecified atom stereocenters. The van der Waals surface area contributed by atoms with Crippen LogP contribution >= 0.6 is 0 Å². The molecule has 0 aliphatic heterocycles. The van der Waals surface area contributed by atoms with Gasteiger partial charge in [-0.15, -0.1) is 0 Å². The van der Waals surface area contributed by atoms with Gasteiger partial charge in [0.2, 0.25) is 5.89 Å². The number of benzene rings is 3. The number of hydrogen-bond donors (Lipinski definition) is 1. The minimum absolute atomic E-state index is 0.107. The Morgan fingerprint density at radius 2 is 1.80 bits per heavy atom. The molecule has 0 bridgehead atoms. The lowest BCUT2D eigenvalue weighted by atomic mass is 10.2. The summed E-state index contributed by atoms with van der Waals surface area (Å²) in [6.45, 7) is 0.559. The number of nitrogens with zero attached hydrogens (tertiary/aromatic N) is 1. The van der Waals surface area contributed by atoms with Gasteiger partial charge in [-0.2, -0.15) is 0 Å². The topological polar surface area (TPSA) is 64.4 Å². The molecule has 0 spiro atoms. The Morgan fingerprint density at radius 3 is 2.60 bits per heavy atom. The van der Waals surface area contributed by atoms with E-state index in [0.717, 1.165) is 11.1 Å². The van der Waals surface area contributed by atoms with Crippen LogP contribution in [-0.2, 0) is 13.2 Å². The predicted molar refractivity (Wildman–Crippen MR) is 110 cm³/mol. The van der Waals surface area contributed by atoms with E-state index >= 15 is 0 Å². The highest BCUT2D eigenvalue weighted by Gasteiger charge is 2.10. The zero-order valence-electron chi connectivity index (χ0n) is 16.0. The van der Waals surface area contributed by atoms with Crippen LogP contribution in [0.5, 0.6) is 5.75 Å². The molecule has 5 nitrogen and oxygen atoms in total. The molecular formula is C24H19FN2O3. The number of oxazole rings is 1. The van der Waals surface area contributed by atoms with Crippen LogP contribution in [0.15, 0.2) is 89.5 Å². The SMILES string of the molecule is O=C(NCc1ccccc1)c1cccc(OCc2ncc(-c3ccc(F)cc3)o2)c1. The van der Waals surface area contributed by atoms with Crippen molar-refractivity contribution in [1.29, 1.82) is 0 Å². The first-order chi connectivity index (χ1) is 14.7. The molecule has 4 aromatic rings. The molecule has 6 heteroatoms. The number of hydrogen-bond acceptors (Lipinski definition) is 4. The standard InChI is InChI=1S/C24H19FN2O3/c25-20-11-9-18(10-12-20)22-15-26-23(30-22)16-29-21-8-4-7-19(13-21)24(28)27-14-17-5-2-1-3-6-17/h1-13,15H,14,16H2,(H,27,28). The quantitative estimate of drug-likeness (QED) is 0.473. The Bertz CT molecular complexity index is 1120. The normalized spacial score (nSPS) is 10.6. The molecule has 3 aromatic carbocycles. The Morgan fingerprint density at radius 1 is 1.00 bits per heavy atom. The molecule has 30 heavy (non-hydrogen) atoms. The van der Waals surface area contributed by atoms with Crippen LogP contribution in [0.3, 0.4) is 0 Å². The number of carbonyl (C=O) groups is 1. The lowest BCUT2D eigenvalue weighted by Gasteiger charge is -2.08. The Labute approximate surface area is 173 Å². The van der Waals surface area contributed by atoms with E-state index in [-0.39, 0.29) is 18.3 Å². The summed E-state index contributed by atoms with van der Waals surface area (Å²) < 4.78 is 24.4. The number of rotatable bonds is 7. The third kappa shape index (κ3) is 4.91. The zero-order chi connectivity index (χ0) is 20.8. The third-order valence-electron chi connectivity index (χ3n) is 4.44. The van der Waals surface area contributed by atoms with E-state index in [1.54, 1.807) is 42.6 Å². The van der Waals surface area contributed by atoms with Gasteiger partial charge in [0.25, 0.3) is 5.91 Å². The summed E-state index contributed by atoms with van der Waals surface area (Å²) in [7, 11) is 0. The first-order valence-electron chi connectivity index (χ1n) is 9.43. The summed E-state index contributed by atoms with van der Waals surface area (Å²) >= 11 is 0. The number of carbonyl (C=O) groups excluding carboxylic acids is 1. The van der Waals surface area contributed by atoms with Crippen LogP contribution in [0.1, 0.15) is 21.8 Å². The maximum absolute atomic E-state index is 13.0. The molecule has 150 valence electrons. The van der Waals surface area contributed by atoms with Crippen molar-refractivity contribution in [3.05, 3.63) is 108 Å². The maximum atomic E-state index is 13.0. The highest BCUT2D eigenvalue weighted by molar-refractivity contribution is 5.94. The number of halogens is 1. The van der Waals surface area contributed by atoms with Gasteiger partial charge in [0, 0.05) is 17.7 Å². The summed E-state index contributed by atoms with van der Waals surface area (Å²) in [5.41, 5.74) is 2.26. The van der Waals surface area contributed by atoms with Gasteiger partial charge in [-0.3, -0.25) is 4.79 Å². The minimum atomic E-state index is -0.311. The minimum Gasteiger partial charge on any atom is -0.484 e. The second kappa shape index (κ2) is 9.05. The summed E-state index contributed by atoms with van der Waals surface area (Å²) in [4.78, 5) is 16.6. The molecule has 1 aromatic heterocycles. The monoisotopic (exact) mass is 402 g/mol. The van der Waals surface area contributed by atoms with Crippen molar-refractivity contribution in [2.75, 3.05) is 0 Å². The van der Waals surface area contributed by atoms with E-state index in [9.17, 15) is 9.18 Å². The van der Waals surface area contributed by atoms with E-state index in [1.807, 2.05) is 30.3 Å². The van der Waals surface area contributed by atoms with Crippen LogP contribution in [0.4, 0.5) is 4.39 Å². The Kier molecular flexibility index (Phi) is 5.85. The zero-order valence-corrected chi connectivity index (χ0v) is 16.0. The fourth-order valence-electron chi connectivity index (χ4n) is 2.88. The van der Waals surface area contributed by atoms with E-state index in [1.165, 1.54) is 12.1 Å². The summed E-state index contributed by atoms with van der Waals surface area (Å²) in [5, 5.41) is 2.89. The van der Waals surface area contributed by atoms with Crippen molar-refractivity contribution in [3.8, 4) is 17.1 Å². The van der Waals surface area contributed by atoms with Crippen molar-refractivity contribution in [3.63, 3.8) is 0 Å². The highest BCUT2D eigenvalue weighted by Crippen LogP contribution is 2.22. The van der Waals surface area contributed by atoms with Gasteiger partial charge in [-0.25, -0.2) is 9.37 Å². The van der Waals surface area contributed by atoms with Crippen LogP contribution in [0.25, 0.3) is 11.3 Å². The van der Waals surface area contributed by atoms with E-state index in [0.29, 0.717) is 29.5 Å². The average Bonchev–Trinajstić information content (AvgIpc) is 3.26. The summed E-state index contributed by atoms with van der Waals surface area (Å²) in [5.74, 6) is 0.952. The largest absolute Gasteiger partial charge is 0.484 e. The van der Waals surface area contributed by atoms with Crippen LogP contribution < -0.4 is 10.1 Å². The highest BCUT2D eigenvalue weighted by atomic mass is 19.1. The van der Waals surface area contributed by atoms with Gasteiger partial charge in [0.15, 0.2) is 12.4 Å². The molecule has 0 radical (unpaired) electrons. The van der Waals surface area contributed by atoms with Gasteiger partial charge < -0.3 is 14.5 Å². The fraction of sp³-hybridized carbons (Fsp3) is 0.0833. The van der Waals surface area contributed by atoms with E-state index in [4.69, 9.17) is 9.15 Å². The van der Waals surface area contributed by atoms with E-state index in [2.05, 4.69) is 10.3 Å². The molecule has 1 heterocycles. The van der Waals surface area contributed by atoms with Crippen LogP contribution in [0.2, 0.25) is 0 Å². The van der Waals surface area contributed by atoms with Gasteiger partial charge >= 0.3 is 0 Å². The summed E-state index contributed by atoms with van der Waals surface area (Å²) in [6.07, 6.45) is 1.57. The van der Waals surface area contributed by atoms with E-state index < -0.39 is 0 Å². The molecule has 0 aliphatic rings. The van der Waals surface area contributed by atoms with Crippen LogP contribution in [0, 0.1) is 5.82 Å². The molecule has 1 amide bonds. The summed E-state index contributed by atoms with van der Waals surface area (Å²) in [6, 6.07) is 22.6. The van der Waals surface area contributed by atoms with Gasteiger partial charge in [-0.1, -0.05) is 36.4 Å². The third-order valence-corrected chi connectivity index (χ3v) is 4.44. The lowest BCUT2D eigenvalue weighted by Crippen LogP contribution is -2.22. The fourth-order valence-corrected chi connectivity index (χ4v) is 2.88. The molecule has 0 fully saturated rings. The smallest absolute Gasteiger partial charge is 0.251 e. The molecule has 0 atom stereocenters. The van der Waals surface area contributed by atoms with Crippen molar-refractivity contribution in [2.45, 2.75) is 13.2 Å². The molecule has 1 N–H and O–H groups in total. The van der Waals surface area contributed by atoms with Crippen molar-refractivity contribution in [1.82, 2.24) is 10.3 Å². The van der Waals surface area contributed by atoms with Crippen molar-refractivity contribution in [2.24, 2.45) is 0 Å². The van der Waals surface area contributed by atoms with Crippen molar-refractivity contribution < 1.29 is 18.3 Å². The average molecular weight is 402 g/mol. The molecular weight excluding hydrogens is 383 g/mol.